The van der Waals surface area contributed by atoms with Gasteiger partial charge in [0.25, 0.3) is 0 Å². The summed E-state index contributed by atoms with van der Waals surface area (Å²) < 4.78 is 10.00. The zero-order valence-corrected chi connectivity index (χ0v) is 13.4. The van der Waals surface area contributed by atoms with Gasteiger partial charge >= 0.3 is 0 Å². The summed E-state index contributed by atoms with van der Waals surface area (Å²) in [4.78, 5) is 2.57. The predicted octanol–water partition coefficient (Wildman–Crippen LogP) is 2.42. The van der Waals surface area contributed by atoms with Gasteiger partial charge in [-0.1, -0.05) is 0 Å². The predicted molar refractivity (Wildman–Crippen MR) is 84.6 cm³/mol. The van der Waals surface area contributed by atoms with Crippen LogP contribution in [-0.2, 0) is 24.4 Å². The number of hydrogen-bond donors (Lipinski definition) is 0. The topological polar surface area (TPSA) is 35.2 Å². The maximum atomic E-state index is 5.57. The molecule has 1 unspecified atom stereocenters. The van der Waals surface area contributed by atoms with E-state index >= 15 is 0 Å². The number of aromatic nitrogens is 3. The lowest BCUT2D eigenvalue weighted by Gasteiger charge is -2.22. The van der Waals surface area contributed by atoms with Crippen LogP contribution in [0.25, 0.3) is 0 Å². The fraction of sp³-hybridized carbons (Fsp3) is 0.588. The highest BCUT2D eigenvalue weighted by Gasteiger charge is 2.33. The zero-order valence-electron chi connectivity index (χ0n) is 13.4. The lowest BCUT2D eigenvalue weighted by molar-refractivity contribution is 0.141. The molecule has 4 rings (SSSR count). The quantitative estimate of drug-likeness (QED) is 0.870. The number of rotatable bonds is 4. The Morgan fingerprint density at radius 2 is 2.09 bits per heavy atom. The summed E-state index contributed by atoms with van der Waals surface area (Å²) >= 11 is 0. The molecule has 2 aromatic heterocycles. The van der Waals surface area contributed by atoms with E-state index in [0.29, 0.717) is 12.1 Å². The molecule has 0 amide bonds. The van der Waals surface area contributed by atoms with E-state index in [-0.39, 0.29) is 0 Å². The second kappa shape index (κ2) is 5.56. The highest BCUT2D eigenvalue weighted by molar-refractivity contribution is 5.31. The molecule has 0 radical (unpaired) electrons. The molecule has 0 saturated carbocycles. The van der Waals surface area contributed by atoms with Crippen LogP contribution in [-0.4, -0.2) is 38.5 Å². The van der Waals surface area contributed by atoms with E-state index in [2.05, 4.69) is 52.5 Å². The lowest BCUT2D eigenvalue weighted by atomic mass is 10.2. The molecule has 0 N–H and O–H groups in total. The highest BCUT2D eigenvalue weighted by Crippen LogP contribution is 2.31. The van der Waals surface area contributed by atoms with Crippen molar-refractivity contribution >= 4 is 0 Å². The maximum absolute atomic E-state index is 5.57. The summed E-state index contributed by atoms with van der Waals surface area (Å²) in [5.74, 6) is 0. The Hall–Kier alpha value is -1.59. The van der Waals surface area contributed by atoms with E-state index in [1.165, 1.54) is 17.0 Å². The molecular weight excluding hydrogens is 276 g/mol. The van der Waals surface area contributed by atoms with E-state index in [0.717, 1.165) is 39.3 Å². The molecule has 0 aliphatic carbocycles. The fourth-order valence-corrected chi connectivity index (χ4v) is 3.63. The first kappa shape index (κ1) is 14.0. The van der Waals surface area contributed by atoms with Gasteiger partial charge in [0.15, 0.2) is 0 Å². The Kier molecular flexibility index (Phi) is 3.54. The number of ether oxygens (including phenoxy) is 1. The van der Waals surface area contributed by atoms with Crippen LogP contribution in [0.2, 0.25) is 0 Å². The summed E-state index contributed by atoms with van der Waals surface area (Å²) in [6, 6.07) is 5.13. The molecule has 2 aliphatic heterocycles. The zero-order chi connectivity index (χ0) is 15.1. The van der Waals surface area contributed by atoms with Crippen molar-refractivity contribution in [3.63, 3.8) is 0 Å². The van der Waals surface area contributed by atoms with E-state index in [9.17, 15) is 0 Å². The second-order valence-electron chi connectivity index (χ2n) is 6.69. The van der Waals surface area contributed by atoms with Gasteiger partial charge in [0.2, 0.25) is 0 Å². The normalized spacial score (nSPS) is 21.9. The van der Waals surface area contributed by atoms with Gasteiger partial charge in [-0.05, 0) is 32.4 Å². The fourth-order valence-electron chi connectivity index (χ4n) is 3.63. The molecule has 0 aromatic carbocycles. The molecule has 0 spiro atoms. The maximum Gasteiger partial charge on any atom is 0.0870 e. The minimum absolute atomic E-state index is 0.409. The molecule has 2 aliphatic rings. The molecule has 0 bridgehead atoms. The Bertz CT molecular complexity index is 638. The van der Waals surface area contributed by atoms with E-state index in [1.54, 1.807) is 0 Å². The van der Waals surface area contributed by atoms with Crippen LogP contribution in [0.3, 0.4) is 0 Å². The summed E-state index contributed by atoms with van der Waals surface area (Å²) in [7, 11) is 0. The van der Waals surface area contributed by atoms with Gasteiger partial charge in [-0.15, -0.1) is 0 Å². The minimum Gasteiger partial charge on any atom is -0.380 e. The first-order chi connectivity index (χ1) is 10.7. The van der Waals surface area contributed by atoms with Crippen molar-refractivity contribution in [2.45, 2.75) is 52.0 Å². The average molecular weight is 300 g/mol. The summed E-state index contributed by atoms with van der Waals surface area (Å²) in [5.41, 5.74) is 4.07. The van der Waals surface area contributed by atoms with Crippen molar-refractivity contribution in [3.8, 4) is 0 Å². The first-order valence-corrected chi connectivity index (χ1v) is 8.24. The van der Waals surface area contributed by atoms with Crippen molar-refractivity contribution in [2.75, 3.05) is 13.2 Å². The molecule has 2 aromatic rings. The molecule has 22 heavy (non-hydrogen) atoms. The summed E-state index contributed by atoms with van der Waals surface area (Å²) in [6.45, 7) is 9.12. The molecule has 118 valence electrons. The van der Waals surface area contributed by atoms with E-state index in [1.807, 2.05) is 0 Å². The van der Waals surface area contributed by atoms with Gasteiger partial charge in [-0.25, -0.2) is 0 Å². The van der Waals surface area contributed by atoms with Gasteiger partial charge in [-0.2, -0.15) is 5.10 Å². The second-order valence-corrected chi connectivity index (χ2v) is 6.69. The Labute approximate surface area is 131 Å². The number of nitrogens with zero attached hydrogens (tertiary/aromatic N) is 4. The van der Waals surface area contributed by atoms with E-state index in [4.69, 9.17) is 9.84 Å². The molecule has 5 nitrogen and oxygen atoms in total. The van der Waals surface area contributed by atoms with Crippen LogP contribution in [0.15, 0.2) is 24.5 Å². The average Bonchev–Trinajstić information content (AvgIpc) is 3.25. The lowest BCUT2D eigenvalue weighted by Crippen LogP contribution is -2.31. The molecule has 1 atom stereocenters. The van der Waals surface area contributed by atoms with Crippen LogP contribution in [0.1, 0.15) is 43.3 Å². The van der Waals surface area contributed by atoms with Gasteiger partial charge in [-0.3, -0.25) is 9.58 Å². The minimum atomic E-state index is 0.409. The number of fused-ring (bicyclic) bond motifs is 1. The summed E-state index contributed by atoms with van der Waals surface area (Å²) in [5, 5.41) is 4.91. The molecule has 1 saturated heterocycles. The third kappa shape index (κ3) is 2.38. The SMILES string of the molecule is CC(C)n1nc(Cn2cccc2)c2c1CN(C1CCOC1)C2. The standard InChI is InChI=1S/C17H24N4O/c1-13(2)21-17-11-20(14-5-8-22-12-14)9-15(17)16(18-21)10-19-6-3-4-7-19/h3-4,6-7,13-14H,5,8-12H2,1-2H3. The summed E-state index contributed by atoms with van der Waals surface area (Å²) in [6.07, 6.45) is 5.38. The Morgan fingerprint density at radius 3 is 2.77 bits per heavy atom. The van der Waals surface area contributed by atoms with Gasteiger partial charge in [0.05, 0.1) is 24.5 Å². The van der Waals surface area contributed by atoms with Crippen molar-refractivity contribution in [1.29, 1.82) is 0 Å². The van der Waals surface area contributed by atoms with Gasteiger partial charge in [0.1, 0.15) is 0 Å². The monoisotopic (exact) mass is 300 g/mol. The molecule has 5 heteroatoms. The van der Waals surface area contributed by atoms with Crippen LogP contribution < -0.4 is 0 Å². The van der Waals surface area contributed by atoms with Crippen LogP contribution in [0.5, 0.6) is 0 Å². The third-order valence-electron chi connectivity index (χ3n) is 4.83. The highest BCUT2D eigenvalue weighted by atomic mass is 16.5. The van der Waals surface area contributed by atoms with Crippen LogP contribution in [0.4, 0.5) is 0 Å². The van der Waals surface area contributed by atoms with Crippen LogP contribution in [0, 0.1) is 0 Å². The van der Waals surface area contributed by atoms with Crippen molar-refractivity contribution in [1.82, 2.24) is 19.2 Å². The van der Waals surface area contributed by atoms with Gasteiger partial charge in [0, 0.05) is 49.7 Å². The van der Waals surface area contributed by atoms with Crippen molar-refractivity contribution < 1.29 is 4.74 Å². The smallest absolute Gasteiger partial charge is 0.0870 e. The Morgan fingerprint density at radius 1 is 1.27 bits per heavy atom. The molecule has 1 fully saturated rings. The Balaban J connectivity index is 1.63. The van der Waals surface area contributed by atoms with Crippen molar-refractivity contribution in [3.05, 3.63) is 41.5 Å². The third-order valence-corrected chi connectivity index (χ3v) is 4.83. The molecular formula is C17H24N4O. The van der Waals surface area contributed by atoms with Crippen LogP contribution >= 0.6 is 0 Å². The van der Waals surface area contributed by atoms with Gasteiger partial charge < -0.3 is 9.30 Å². The van der Waals surface area contributed by atoms with E-state index < -0.39 is 0 Å². The number of hydrogen-bond acceptors (Lipinski definition) is 3. The first-order valence-electron chi connectivity index (χ1n) is 8.24. The van der Waals surface area contributed by atoms with Crippen molar-refractivity contribution in [2.24, 2.45) is 0 Å². The largest absolute Gasteiger partial charge is 0.380 e. The molecule has 4 heterocycles.